The standard InChI is InChI=1S/C25H28N2O3S/c1-4-21-10-8-9-13-24(21)27(31(29,30)23-11-6-5-7-12-23)18-25(28)26-20(3)22-16-14-19(2)15-17-22/h5-17,20H,4,18H2,1-3H3,(H,26,28)/t20-/m1/s1. The largest absolute Gasteiger partial charge is 0.348 e. The minimum atomic E-state index is -3.92. The van der Waals surface area contributed by atoms with Crippen molar-refractivity contribution in [3.63, 3.8) is 0 Å². The number of hydrogen-bond donors (Lipinski definition) is 1. The van der Waals surface area contributed by atoms with E-state index in [2.05, 4.69) is 5.32 Å². The van der Waals surface area contributed by atoms with Crippen molar-refractivity contribution >= 4 is 21.6 Å². The highest BCUT2D eigenvalue weighted by Crippen LogP contribution is 2.27. The molecule has 0 heterocycles. The zero-order valence-electron chi connectivity index (χ0n) is 18.1. The van der Waals surface area contributed by atoms with Crippen LogP contribution in [0.4, 0.5) is 5.69 Å². The van der Waals surface area contributed by atoms with Gasteiger partial charge in [0.25, 0.3) is 10.0 Å². The molecule has 3 rings (SSSR count). The molecule has 1 N–H and O–H groups in total. The second-order valence-electron chi connectivity index (χ2n) is 7.51. The Morgan fingerprint density at radius 2 is 1.55 bits per heavy atom. The van der Waals surface area contributed by atoms with Gasteiger partial charge in [-0.3, -0.25) is 9.10 Å². The van der Waals surface area contributed by atoms with Crippen molar-refractivity contribution in [3.8, 4) is 0 Å². The van der Waals surface area contributed by atoms with Crippen LogP contribution in [0.15, 0.2) is 83.8 Å². The highest BCUT2D eigenvalue weighted by atomic mass is 32.2. The zero-order valence-corrected chi connectivity index (χ0v) is 18.9. The number of nitrogens with zero attached hydrogens (tertiary/aromatic N) is 1. The minimum Gasteiger partial charge on any atom is -0.348 e. The van der Waals surface area contributed by atoms with Gasteiger partial charge in [0, 0.05) is 0 Å². The predicted molar refractivity (Wildman–Crippen MR) is 125 cm³/mol. The lowest BCUT2D eigenvalue weighted by Gasteiger charge is -2.27. The van der Waals surface area contributed by atoms with Crippen LogP contribution in [0.1, 0.15) is 36.6 Å². The van der Waals surface area contributed by atoms with E-state index in [9.17, 15) is 13.2 Å². The monoisotopic (exact) mass is 436 g/mol. The molecule has 0 saturated carbocycles. The van der Waals surface area contributed by atoms with E-state index in [-0.39, 0.29) is 23.4 Å². The van der Waals surface area contributed by atoms with Crippen LogP contribution in [0, 0.1) is 6.92 Å². The van der Waals surface area contributed by atoms with Crippen molar-refractivity contribution in [1.29, 1.82) is 0 Å². The summed E-state index contributed by atoms with van der Waals surface area (Å²) in [5.74, 6) is -0.363. The molecule has 0 spiro atoms. The maximum atomic E-state index is 13.5. The first-order valence-corrected chi connectivity index (χ1v) is 11.8. The van der Waals surface area contributed by atoms with Gasteiger partial charge in [-0.25, -0.2) is 8.42 Å². The van der Waals surface area contributed by atoms with Crippen molar-refractivity contribution in [2.75, 3.05) is 10.8 Å². The second kappa shape index (κ2) is 9.79. The molecule has 0 bridgehead atoms. The Balaban J connectivity index is 1.91. The van der Waals surface area contributed by atoms with E-state index >= 15 is 0 Å². The lowest BCUT2D eigenvalue weighted by molar-refractivity contribution is -0.120. The number of carbonyl (C=O) groups excluding carboxylic acids is 1. The normalized spacial score (nSPS) is 12.2. The number of nitrogens with one attached hydrogen (secondary N) is 1. The summed E-state index contributed by atoms with van der Waals surface area (Å²) >= 11 is 0. The highest BCUT2D eigenvalue weighted by Gasteiger charge is 2.28. The third-order valence-corrected chi connectivity index (χ3v) is 6.99. The fraction of sp³-hybridized carbons (Fsp3) is 0.240. The van der Waals surface area contributed by atoms with Crippen LogP contribution in [0.2, 0.25) is 0 Å². The lowest BCUT2D eigenvalue weighted by atomic mass is 10.1. The van der Waals surface area contributed by atoms with Crippen LogP contribution in [0.3, 0.4) is 0 Å². The summed E-state index contributed by atoms with van der Waals surface area (Å²) in [6, 6.07) is 23.2. The van der Waals surface area contributed by atoms with Gasteiger partial charge in [0.1, 0.15) is 6.54 Å². The fourth-order valence-electron chi connectivity index (χ4n) is 3.43. The van der Waals surface area contributed by atoms with Crippen molar-refractivity contribution < 1.29 is 13.2 Å². The first kappa shape index (κ1) is 22.6. The number of amides is 1. The number of benzene rings is 3. The number of anilines is 1. The number of carbonyl (C=O) groups is 1. The van der Waals surface area contributed by atoms with Crippen molar-refractivity contribution in [1.82, 2.24) is 5.32 Å². The van der Waals surface area contributed by atoms with Gasteiger partial charge in [0.15, 0.2) is 0 Å². The van der Waals surface area contributed by atoms with Crippen LogP contribution in [-0.4, -0.2) is 20.9 Å². The maximum Gasteiger partial charge on any atom is 0.264 e. The molecule has 0 aliphatic rings. The molecule has 3 aromatic rings. The van der Waals surface area contributed by atoms with E-state index in [1.54, 1.807) is 42.5 Å². The van der Waals surface area contributed by atoms with Gasteiger partial charge in [-0.05, 0) is 49.6 Å². The van der Waals surface area contributed by atoms with E-state index in [1.807, 2.05) is 57.2 Å². The van der Waals surface area contributed by atoms with Crippen molar-refractivity contribution in [2.45, 2.75) is 38.1 Å². The molecule has 1 amide bonds. The zero-order chi connectivity index (χ0) is 22.4. The summed E-state index contributed by atoms with van der Waals surface area (Å²) in [6.07, 6.45) is 0.651. The lowest BCUT2D eigenvalue weighted by Crippen LogP contribution is -2.42. The Morgan fingerprint density at radius 3 is 2.19 bits per heavy atom. The van der Waals surface area contributed by atoms with Crippen molar-refractivity contribution in [3.05, 3.63) is 95.6 Å². The molecule has 0 saturated heterocycles. The Labute approximate surface area is 184 Å². The van der Waals surface area contributed by atoms with Crippen LogP contribution < -0.4 is 9.62 Å². The average molecular weight is 437 g/mol. The number of sulfonamides is 1. The van der Waals surface area contributed by atoms with Gasteiger partial charge in [-0.2, -0.15) is 0 Å². The fourth-order valence-corrected chi connectivity index (χ4v) is 4.91. The van der Waals surface area contributed by atoms with Gasteiger partial charge >= 0.3 is 0 Å². The molecule has 3 aromatic carbocycles. The number of aryl methyl sites for hydroxylation is 2. The molecule has 162 valence electrons. The quantitative estimate of drug-likeness (QED) is 0.560. The Bertz CT molecular complexity index is 1130. The number of rotatable bonds is 8. The Hall–Kier alpha value is -3.12. The van der Waals surface area contributed by atoms with Gasteiger partial charge < -0.3 is 5.32 Å². The van der Waals surface area contributed by atoms with Gasteiger partial charge in [0.2, 0.25) is 5.91 Å². The molecule has 5 nitrogen and oxygen atoms in total. The molecular weight excluding hydrogens is 408 g/mol. The molecular formula is C25H28N2O3S. The molecule has 0 aliphatic heterocycles. The van der Waals surface area contributed by atoms with Crippen LogP contribution in [0.25, 0.3) is 0 Å². The van der Waals surface area contributed by atoms with Gasteiger partial charge in [0.05, 0.1) is 16.6 Å². The highest BCUT2D eigenvalue weighted by molar-refractivity contribution is 7.92. The average Bonchev–Trinajstić information content (AvgIpc) is 2.78. The topological polar surface area (TPSA) is 66.5 Å². The number of para-hydroxylation sites is 1. The smallest absolute Gasteiger partial charge is 0.264 e. The van der Waals surface area contributed by atoms with E-state index in [1.165, 1.54) is 4.31 Å². The van der Waals surface area contributed by atoms with Crippen LogP contribution in [-0.2, 0) is 21.2 Å². The van der Waals surface area contributed by atoms with E-state index in [4.69, 9.17) is 0 Å². The molecule has 0 aromatic heterocycles. The summed E-state index contributed by atoms with van der Waals surface area (Å²) in [5.41, 5.74) is 3.48. The summed E-state index contributed by atoms with van der Waals surface area (Å²) in [7, 11) is -3.92. The second-order valence-corrected chi connectivity index (χ2v) is 9.37. The van der Waals surface area contributed by atoms with E-state index < -0.39 is 10.0 Å². The summed E-state index contributed by atoms with van der Waals surface area (Å²) in [6.45, 7) is 5.55. The summed E-state index contributed by atoms with van der Waals surface area (Å²) in [4.78, 5) is 13.1. The first-order chi connectivity index (χ1) is 14.8. The molecule has 0 unspecified atom stereocenters. The van der Waals surface area contributed by atoms with Crippen molar-refractivity contribution in [2.24, 2.45) is 0 Å². The molecule has 6 heteroatoms. The molecule has 0 aliphatic carbocycles. The first-order valence-electron chi connectivity index (χ1n) is 10.3. The van der Waals surface area contributed by atoms with Crippen LogP contribution in [0.5, 0.6) is 0 Å². The van der Waals surface area contributed by atoms with Gasteiger partial charge in [-0.1, -0.05) is 73.2 Å². The summed E-state index contributed by atoms with van der Waals surface area (Å²) in [5, 5.41) is 2.93. The predicted octanol–water partition coefficient (Wildman–Crippen LogP) is 4.63. The number of hydrogen-bond acceptors (Lipinski definition) is 3. The molecule has 0 fully saturated rings. The van der Waals surface area contributed by atoms with E-state index in [0.717, 1.165) is 16.7 Å². The minimum absolute atomic E-state index is 0.153. The third-order valence-electron chi connectivity index (χ3n) is 5.21. The van der Waals surface area contributed by atoms with Gasteiger partial charge in [-0.15, -0.1) is 0 Å². The summed E-state index contributed by atoms with van der Waals surface area (Å²) < 4.78 is 28.2. The Kier molecular flexibility index (Phi) is 7.13. The molecule has 1 atom stereocenters. The maximum absolute atomic E-state index is 13.5. The Morgan fingerprint density at radius 1 is 0.935 bits per heavy atom. The third kappa shape index (κ3) is 5.33. The SMILES string of the molecule is CCc1ccccc1N(CC(=O)N[C@H](C)c1ccc(C)cc1)S(=O)(=O)c1ccccc1. The molecule has 0 radical (unpaired) electrons. The van der Waals surface area contributed by atoms with Crippen LogP contribution >= 0.6 is 0 Å². The molecule has 31 heavy (non-hydrogen) atoms. The van der Waals surface area contributed by atoms with E-state index in [0.29, 0.717) is 12.1 Å².